The quantitative estimate of drug-likeness (QED) is 0.578. The van der Waals surface area contributed by atoms with Gasteiger partial charge < -0.3 is 14.4 Å². The molecule has 1 N–H and O–H groups in total. The molecule has 6 nitrogen and oxygen atoms in total. The zero-order valence-corrected chi connectivity index (χ0v) is 16.5. The third kappa shape index (κ3) is 4.04. The maximum atomic E-state index is 12.6. The van der Waals surface area contributed by atoms with E-state index in [1.807, 2.05) is 25.1 Å². The zero-order chi connectivity index (χ0) is 18.7. The number of nitrogens with one attached hydrogen (secondary N) is 1. The van der Waals surface area contributed by atoms with Crippen LogP contribution in [-0.4, -0.2) is 25.9 Å². The minimum absolute atomic E-state index is 0.112. The smallest absolute Gasteiger partial charge is 0.239 e. The second kappa shape index (κ2) is 8.14. The molecule has 3 aromatic rings. The monoisotopic (exact) mass is 392 g/mol. The van der Waals surface area contributed by atoms with Crippen LogP contribution in [0.5, 0.6) is 0 Å². The number of carbonyl (C=O) groups excluding carboxylic acids is 1. The van der Waals surface area contributed by atoms with E-state index in [9.17, 15) is 4.79 Å². The lowest BCUT2D eigenvalue weighted by atomic mass is 10.3. The Morgan fingerprint density at radius 1 is 1.38 bits per heavy atom. The van der Waals surface area contributed by atoms with Gasteiger partial charge >= 0.3 is 0 Å². The molecule has 0 saturated heterocycles. The number of rotatable bonds is 7. The van der Waals surface area contributed by atoms with Crippen LogP contribution in [0.15, 0.2) is 33.9 Å². The summed E-state index contributed by atoms with van der Waals surface area (Å²) in [6, 6.07) is 7.39. The highest BCUT2D eigenvalue weighted by atomic mass is 35.5. The van der Waals surface area contributed by atoms with Gasteiger partial charge in [-0.3, -0.25) is 4.79 Å². The molecular weight excluding hydrogens is 372 g/mol. The van der Waals surface area contributed by atoms with Crippen molar-refractivity contribution >= 4 is 46.1 Å². The second-order valence-electron chi connectivity index (χ2n) is 6.01. The highest BCUT2D eigenvalue weighted by molar-refractivity contribution is 8.00. The molecule has 8 heteroatoms. The molecule has 138 valence electrons. The van der Waals surface area contributed by atoms with Gasteiger partial charge in [-0.25, -0.2) is 4.98 Å². The first-order valence-electron chi connectivity index (χ1n) is 8.58. The van der Waals surface area contributed by atoms with Crippen LogP contribution in [0.4, 0.5) is 5.82 Å². The van der Waals surface area contributed by atoms with Crippen molar-refractivity contribution in [2.75, 3.05) is 5.32 Å². The number of benzene rings is 1. The minimum atomic E-state index is -0.283. The topological polar surface area (TPSA) is 73.0 Å². The summed E-state index contributed by atoms with van der Waals surface area (Å²) in [6.07, 6.45) is 1.65. The van der Waals surface area contributed by atoms with E-state index in [1.54, 1.807) is 13.0 Å². The molecule has 0 fully saturated rings. The average molecular weight is 393 g/mol. The van der Waals surface area contributed by atoms with Crippen LogP contribution in [0.1, 0.15) is 32.4 Å². The number of fused-ring (bicyclic) bond motifs is 1. The van der Waals surface area contributed by atoms with Crippen molar-refractivity contribution in [1.82, 2.24) is 14.7 Å². The SMILES string of the molecule is CCCn1c(SC(CC)C(=O)Nc2cc(C)on2)nc2cc(Cl)ccc21. The summed E-state index contributed by atoms with van der Waals surface area (Å²) in [5.41, 5.74) is 1.87. The van der Waals surface area contributed by atoms with Gasteiger partial charge in [-0.2, -0.15) is 0 Å². The zero-order valence-electron chi connectivity index (χ0n) is 15.0. The summed E-state index contributed by atoms with van der Waals surface area (Å²) in [6.45, 7) is 6.72. The van der Waals surface area contributed by atoms with Crippen LogP contribution in [0.2, 0.25) is 5.02 Å². The van der Waals surface area contributed by atoms with Gasteiger partial charge in [0.05, 0.1) is 16.3 Å². The lowest BCUT2D eigenvalue weighted by Gasteiger charge is -2.14. The average Bonchev–Trinajstić information content (AvgIpc) is 3.16. The molecule has 0 aliphatic heterocycles. The van der Waals surface area contributed by atoms with Crippen LogP contribution < -0.4 is 5.32 Å². The molecule has 2 heterocycles. The largest absolute Gasteiger partial charge is 0.360 e. The number of amides is 1. The van der Waals surface area contributed by atoms with Crippen molar-refractivity contribution < 1.29 is 9.32 Å². The molecule has 0 spiro atoms. The summed E-state index contributed by atoms with van der Waals surface area (Å²) in [7, 11) is 0. The molecule has 1 atom stereocenters. The van der Waals surface area contributed by atoms with Gasteiger partial charge in [-0.05, 0) is 38.0 Å². The summed E-state index contributed by atoms with van der Waals surface area (Å²) < 4.78 is 7.14. The first kappa shape index (κ1) is 18.8. The van der Waals surface area contributed by atoms with E-state index >= 15 is 0 Å². The van der Waals surface area contributed by atoms with E-state index in [0.717, 1.165) is 29.2 Å². The number of halogens is 1. The van der Waals surface area contributed by atoms with E-state index in [2.05, 4.69) is 22.0 Å². The summed E-state index contributed by atoms with van der Waals surface area (Å²) >= 11 is 7.56. The molecule has 26 heavy (non-hydrogen) atoms. The fourth-order valence-corrected chi connectivity index (χ4v) is 3.91. The Labute approximate surface area is 161 Å². The molecule has 1 unspecified atom stereocenters. The van der Waals surface area contributed by atoms with Crippen LogP contribution in [-0.2, 0) is 11.3 Å². The molecule has 0 saturated carbocycles. The number of aryl methyl sites for hydroxylation is 2. The first-order chi connectivity index (χ1) is 12.5. The number of hydrogen-bond acceptors (Lipinski definition) is 5. The van der Waals surface area contributed by atoms with Gasteiger partial charge in [0.25, 0.3) is 0 Å². The standard InChI is InChI=1S/C18H21ClN4O2S/c1-4-8-23-14-7-6-12(19)10-13(14)20-18(23)26-15(5-2)17(24)21-16-9-11(3)25-22-16/h6-7,9-10,15H,4-5,8H2,1-3H3,(H,21,22,24). The molecule has 1 aromatic carbocycles. The van der Waals surface area contributed by atoms with Crippen molar-refractivity contribution in [3.63, 3.8) is 0 Å². The predicted octanol–water partition coefficient (Wildman–Crippen LogP) is 4.91. The molecule has 0 bridgehead atoms. The van der Waals surface area contributed by atoms with Crippen molar-refractivity contribution in [3.8, 4) is 0 Å². The van der Waals surface area contributed by atoms with E-state index in [0.29, 0.717) is 23.0 Å². The van der Waals surface area contributed by atoms with Gasteiger partial charge in [-0.1, -0.05) is 42.4 Å². The second-order valence-corrected chi connectivity index (χ2v) is 7.61. The van der Waals surface area contributed by atoms with Crippen LogP contribution in [0.25, 0.3) is 11.0 Å². The Morgan fingerprint density at radius 3 is 2.85 bits per heavy atom. The summed E-state index contributed by atoms with van der Waals surface area (Å²) in [5.74, 6) is 0.974. The van der Waals surface area contributed by atoms with E-state index < -0.39 is 0 Å². The van der Waals surface area contributed by atoms with Crippen molar-refractivity contribution in [2.24, 2.45) is 0 Å². The Hall–Kier alpha value is -1.99. The maximum Gasteiger partial charge on any atom is 0.239 e. The highest BCUT2D eigenvalue weighted by Gasteiger charge is 2.23. The number of anilines is 1. The normalized spacial score (nSPS) is 12.5. The molecule has 2 aromatic heterocycles. The molecule has 0 radical (unpaired) electrons. The lowest BCUT2D eigenvalue weighted by Crippen LogP contribution is -2.25. The van der Waals surface area contributed by atoms with Gasteiger partial charge in [0.15, 0.2) is 11.0 Å². The highest BCUT2D eigenvalue weighted by Crippen LogP contribution is 2.30. The van der Waals surface area contributed by atoms with E-state index in [1.165, 1.54) is 11.8 Å². The Balaban J connectivity index is 1.85. The molecule has 3 rings (SSSR count). The fourth-order valence-electron chi connectivity index (χ4n) is 2.69. The maximum absolute atomic E-state index is 12.6. The minimum Gasteiger partial charge on any atom is -0.360 e. The van der Waals surface area contributed by atoms with Crippen LogP contribution in [0, 0.1) is 6.92 Å². The van der Waals surface area contributed by atoms with Crippen molar-refractivity contribution in [2.45, 2.75) is 50.6 Å². The first-order valence-corrected chi connectivity index (χ1v) is 9.84. The predicted molar refractivity (Wildman–Crippen MR) is 105 cm³/mol. The van der Waals surface area contributed by atoms with Crippen molar-refractivity contribution in [1.29, 1.82) is 0 Å². The summed E-state index contributed by atoms with van der Waals surface area (Å²) in [4.78, 5) is 17.3. The van der Waals surface area contributed by atoms with Crippen LogP contribution in [0.3, 0.4) is 0 Å². The van der Waals surface area contributed by atoms with Crippen molar-refractivity contribution in [3.05, 3.63) is 35.0 Å². The van der Waals surface area contributed by atoms with Crippen LogP contribution >= 0.6 is 23.4 Å². The fraction of sp³-hybridized carbons (Fsp3) is 0.389. The lowest BCUT2D eigenvalue weighted by molar-refractivity contribution is -0.115. The van der Waals surface area contributed by atoms with Gasteiger partial charge in [0.2, 0.25) is 5.91 Å². The van der Waals surface area contributed by atoms with Gasteiger partial charge in [-0.15, -0.1) is 0 Å². The molecule has 0 aliphatic rings. The Bertz CT molecular complexity index is 921. The van der Waals surface area contributed by atoms with Gasteiger partial charge in [0.1, 0.15) is 5.76 Å². The van der Waals surface area contributed by atoms with Gasteiger partial charge in [0, 0.05) is 17.6 Å². The Morgan fingerprint density at radius 2 is 2.19 bits per heavy atom. The number of aromatic nitrogens is 3. The number of thioether (sulfide) groups is 1. The Kier molecular flexibility index (Phi) is 5.88. The number of hydrogen-bond donors (Lipinski definition) is 1. The third-order valence-electron chi connectivity index (χ3n) is 3.91. The third-order valence-corrected chi connectivity index (χ3v) is 5.50. The molecule has 1 amide bonds. The van der Waals surface area contributed by atoms with E-state index in [-0.39, 0.29) is 11.2 Å². The number of carbonyl (C=O) groups is 1. The summed E-state index contributed by atoms with van der Waals surface area (Å²) in [5, 5.41) is 7.82. The molecular formula is C18H21ClN4O2S. The number of nitrogens with zero attached hydrogens (tertiary/aromatic N) is 3. The number of imidazole rings is 1. The molecule has 0 aliphatic carbocycles. The van der Waals surface area contributed by atoms with E-state index in [4.69, 9.17) is 21.1 Å².